The zero-order valence-corrected chi connectivity index (χ0v) is 12.1. The number of aliphatic hydroxyl groups excluding tert-OH is 1. The maximum absolute atomic E-state index is 9.49. The van der Waals surface area contributed by atoms with E-state index in [9.17, 15) is 5.11 Å². The monoisotopic (exact) mass is 261 g/mol. The van der Waals surface area contributed by atoms with Crippen molar-refractivity contribution in [3.05, 3.63) is 29.6 Å². The van der Waals surface area contributed by atoms with Crippen LogP contribution < -0.4 is 5.32 Å². The van der Waals surface area contributed by atoms with Gasteiger partial charge in [0.2, 0.25) is 0 Å². The van der Waals surface area contributed by atoms with E-state index in [1.807, 2.05) is 21.0 Å². The molecular weight excluding hydrogens is 238 g/mol. The van der Waals surface area contributed by atoms with Crippen LogP contribution in [0.25, 0.3) is 11.0 Å². The molecule has 2 N–H and O–H groups in total. The number of imidazole rings is 1. The first-order chi connectivity index (χ1) is 9.12. The SMILES string of the molecule is CCC(CO)C(NC)c1ccc2c(c1)nc(C)n2C. The third kappa shape index (κ3) is 2.51. The van der Waals surface area contributed by atoms with Crippen LogP contribution in [0.2, 0.25) is 0 Å². The summed E-state index contributed by atoms with van der Waals surface area (Å²) in [6, 6.07) is 6.53. The summed E-state index contributed by atoms with van der Waals surface area (Å²) >= 11 is 0. The quantitative estimate of drug-likeness (QED) is 0.867. The van der Waals surface area contributed by atoms with Crippen LogP contribution in [0.1, 0.15) is 30.8 Å². The van der Waals surface area contributed by atoms with Crippen molar-refractivity contribution < 1.29 is 5.11 Å². The van der Waals surface area contributed by atoms with Gasteiger partial charge in [0.25, 0.3) is 0 Å². The number of benzene rings is 1. The molecule has 4 heteroatoms. The first-order valence-electron chi connectivity index (χ1n) is 6.83. The summed E-state index contributed by atoms with van der Waals surface area (Å²) in [6.45, 7) is 4.31. The summed E-state index contributed by atoms with van der Waals surface area (Å²) in [4.78, 5) is 4.57. The van der Waals surface area contributed by atoms with Crippen molar-refractivity contribution in [2.75, 3.05) is 13.7 Å². The fourth-order valence-electron chi connectivity index (χ4n) is 2.68. The second-order valence-corrected chi connectivity index (χ2v) is 5.08. The molecule has 19 heavy (non-hydrogen) atoms. The van der Waals surface area contributed by atoms with Gasteiger partial charge in [-0.3, -0.25) is 0 Å². The van der Waals surface area contributed by atoms with E-state index in [-0.39, 0.29) is 18.6 Å². The van der Waals surface area contributed by atoms with Crippen LogP contribution >= 0.6 is 0 Å². The molecule has 1 aromatic carbocycles. The molecule has 1 aromatic heterocycles. The van der Waals surface area contributed by atoms with E-state index < -0.39 is 0 Å². The highest BCUT2D eigenvalue weighted by Crippen LogP contribution is 2.27. The van der Waals surface area contributed by atoms with Crippen LogP contribution in [0.4, 0.5) is 0 Å². The van der Waals surface area contributed by atoms with Gasteiger partial charge in [0.15, 0.2) is 0 Å². The standard InChI is InChI=1S/C15H23N3O/c1-5-11(9-19)15(16-3)12-6-7-14-13(8-12)17-10(2)18(14)4/h6-8,11,15-16,19H,5,9H2,1-4H3. The number of aryl methyl sites for hydroxylation is 2. The highest BCUT2D eigenvalue weighted by atomic mass is 16.3. The average Bonchev–Trinajstić information content (AvgIpc) is 2.70. The first-order valence-corrected chi connectivity index (χ1v) is 6.83. The van der Waals surface area contributed by atoms with Gasteiger partial charge >= 0.3 is 0 Å². The average molecular weight is 261 g/mol. The van der Waals surface area contributed by atoms with E-state index >= 15 is 0 Å². The third-order valence-electron chi connectivity index (χ3n) is 4.03. The predicted octanol–water partition coefficient (Wildman–Crippen LogP) is 2.16. The molecular formula is C15H23N3O. The topological polar surface area (TPSA) is 50.1 Å². The number of hydrogen-bond donors (Lipinski definition) is 2. The number of rotatable bonds is 5. The molecule has 2 aromatic rings. The zero-order valence-electron chi connectivity index (χ0n) is 12.1. The molecule has 0 spiro atoms. The second kappa shape index (κ2) is 5.72. The summed E-state index contributed by atoms with van der Waals surface area (Å²) in [6.07, 6.45) is 0.946. The Morgan fingerprint density at radius 2 is 2.16 bits per heavy atom. The van der Waals surface area contributed by atoms with Crippen molar-refractivity contribution in [1.82, 2.24) is 14.9 Å². The Balaban J connectivity index is 2.44. The molecule has 4 nitrogen and oxygen atoms in total. The van der Waals surface area contributed by atoms with Crippen LogP contribution in [0, 0.1) is 12.8 Å². The maximum Gasteiger partial charge on any atom is 0.106 e. The van der Waals surface area contributed by atoms with Crippen molar-refractivity contribution in [3.8, 4) is 0 Å². The maximum atomic E-state index is 9.49. The number of aliphatic hydroxyl groups is 1. The normalized spacial score (nSPS) is 14.8. The second-order valence-electron chi connectivity index (χ2n) is 5.08. The fraction of sp³-hybridized carbons (Fsp3) is 0.533. The summed E-state index contributed by atoms with van der Waals surface area (Å²) in [5.74, 6) is 1.25. The number of aromatic nitrogens is 2. The molecule has 2 atom stereocenters. The molecule has 0 fully saturated rings. The smallest absolute Gasteiger partial charge is 0.106 e. The number of nitrogens with one attached hydrogen (secondary N) is 1. The van der Waals surface area contributed by atoms with Crippen molar-refractivity contribution >= 4 is 11.0 Å². The minimum absolute atomic E-state index is 0.168. The van der Waals surface area contributed by atoms with Gasteiger partial charge in [0.05, 0.1) is 11.0 Å². The fourth-order valence-corrected chi connectivity index (χ4v) is 2.68. The molecule has 1 heterocycles. The lowest BCUT2D eigenvalue weighted by molar-refractivity contribution is 0.189. The van der Waals surface area contributed by atoms with Crippen LogP contribution in [0.3, 0.4) is 0 Å². The van der Waals surface area contributed by atoms with Crippen molar-refractivity contribution in [2.24, 2.45) is 13.0 Å². The van der Waals surface area contributed by atoms with Crippen molar-refractivity contribution in [1.29, 1.82) is 0 Å². The number of hydrogen-bond acceptors (Lipinski definition) is 3. The Bertz CT molecular complexity index is 558. The lowest BCUT2D eigenvalue weighted by Crippen LogP contribution is -2.27. The first kappa shape index (κ1) is 14.0. The Hall–Kier alpha value is -1.39. The van der Waals surface area contributed by atoms with Crippen LogP contribution in [0.5, 0.6) is 0 Å². The number of fused-ring (bicyclic) bond motifs is 1. The number of nitrogens with zero attached hydrogens (tertiary/aromatic N) is 2. The summed E-state index contributed by atoms with van der Waals surface area (Å²) in [5, 5.41) is 12.8. The summed E-state index contributed by atoms with van der Waals surface area (Å²) in [5.41, 5.74) is 3.35. The highest BCUT2D eigenvalue weighted by molar-refractivity contribution is 5.77. The molecule has 0 saturated heterocycles. The molecule has 104 valence electrons. The lowest BCUT2D eigenvalue weighted by Gasteiger charge is -2.24. The molecule has 2 unspecified atom stereocenters. The Morgan fingerprint density at radius 3 is 2.74 bits per heavy atom. The van der Waals surface area contributed by atoms with E-state index in [4.69, 9.17) is 0 Å². The van der Waals surface area contributed by atoms with Crippen LogP contribution in [-0.4, -0.2) is 28.3 Å². The molecule has 0 aliphatic carbocycles. The van der Waals surface area contributed by atoms with Gasteiger partial charge in [-0.1, -0.05) is 13.0 Å². The third-order valence-corrected chi connectivity index (χ3v) is 4.03. The molecule has 0 bridgehead atoms. The molecule has 0 aliphatic rings. The molecule has 0 aliphatic heterocycles. The predicted molar refractivity (Wildman–Crippen MR) is 78.1 cm³/mol. The molecule has 2 rings (SSSR count). The summed E-state index contributed by atoms with van der Waals surface area (Å²) in [7, 11) is 3.97. The highest BCUT2D eigenvalue weighted by Gasteiger charge is 2.20. The van der Waals surface area contributed by atoms with Crippen molar-refractivity contribution in [3.63, 3.8) is 0 Å². The van der Waals surface area contributed by atoms with Gasteiger partial charge in [-0.15, -0.1) is 0 Å². The van der Waals surface area contributed by atoms with Gasteiger partial charge in [-0.2, -0.15) is 0 Å². The minimum atomic E-state index is 0.168. The molecule has 0 radical (unpaired) electrons. The Morgan fingerprint density at radius 1 is 1.42 bits per heavy atom. The van der Waals surface area contributed by atoms with Gasteiger partial charge in [-0.05, 0) is 38.1 Å². The van der Waals surface area contributed by atoms with Crippen molar-refractivity contribution in [2.45, 2.75) is 26.3 Å². The van der Waals surface area contributed by atoms with Crippen LogP contribution in [-0.2, 0) is 7.05 Å². The lowest BCUT2D eigenvalue weighted by atomic mass is 9.91. The van der Waals surface area contributed by atoms with Gasteiger partial charge < -0.3 is 15.0 Å². The Labute approximate surface area is 114 Å². The minimum Gasteiger partial charge on any atom is -0.396 e. The molecule has 0 saturated carbocycles. The van der Waals surface area contributed by atoms with E-state index in [1.165, 1.54) is 5.56 Å². The van der Waals surface area contributed by atoms with Crippen LogP contribution in [0.15, 0.2) is 18.2 Å². The van der Waals surface area contributed by atoms with E-state index in [1.54, 1.807) is 0 Å². The van der Waals surface area contributed by atoms with Gasteiger partial charge in [0.1, 0.15) is 5.82 Å². The zero-order chi connectivity index (χ0) is 14.0. The van der Waals surface area contributed by atoms with E-state index in [0.29, 0.717) is 0 Å². The summed E-state index contributed by atoms with van der Waals surface area (Å²) < 4.78 is 2.09. The van der Waals surface area contributed by atoms with Gasteiger partial charge in [0, 0.05) is 25.6 Å². The van der Waals surface area contributed by atoms with Gasteiger partial charge in [-0.25, -0.2) is 4.98 Å². The largest absolute Gasteiger partial charge is 0.396 e. The molecule has 0 amide bonds. The van der Waals surface area contributed by atoms with E-state index in [0.717, 1.165) is 23.3 Å². The Kier molecular flexibility index (Phi) is 4.22. The van der Waals surface area contributed by atoms with E-state index in [2.05, 4.69) is 40.0 Å².